The van der Waals surface area contributed by atoms with Crippen LogP contribution in [0.15, 0.2) is 42.5 Å². The Bertz CT molecular complexity index is 1080. The fourth-order valence-electron chi connectivity index (χ4n) is 4.90. The monoisotopic (exact) mass is 574 g/mol. The lowest BCUT2D eigenvalue weighted by Crippen LogP contribution is -2.48. The van der Waals surface area contributed by atoms with Gasteiger partial charge in [-0.05, 0) is 91.9 Å². The smallest absolute Gasteiger partial charge is 0.251 e. The van der Waals surface area contributed by atoms with Crippen molar-refractivity contribution >= 4 is 35.0 Å². The van der Waals surface area contributed by atoms with Crippen LogP contribution >= 0.6 is 23.2 Å². The van der Waals surface area contributed by atoms with Crippen molar-refractivity contribution in [3.05, 3.63) is 69.2 Å². The minimum Gasteiger partial charge on any atom is -0.354 e. The zero-order valence-electron chi connectivity index (χ0n) is 23.7. The van der Waals surface area contributed by atoms with Gasteiger partial charge in [-0.15, -0.1) is 0 Å². The first kappa shape index (κ1) is 31.4. The van der Waals surface area contributed by atoms with Gasteiger partial charge in [-0.1, -0.05) is 69.1 Å². The Hall–Kier alpha value is -2.12. The minimum absolute atomic E-state index is 0.0500. The lowest BCUT2D eigenvalue weighted by molar-refractivity contribution is -0.123. The largest absolute Gasteiger partial charge is 0.354 e. The standard InChI is InChI=1S/C31H44Cl2N4O2/c1-20(2)28(19-37-15-12-23(13-16-37)17-24-7-10-26(32)27(33)18-24)36-30(38)25-8-5-22(6-9-25)11-14-35-31(39)29(34)21(3)4/h5-10,18,20-21,23,28-29H,11-17,19,34H2,1-4H3,(H,35,39)(H,36,38)/t28?,29-/m1/s1. The summed E-state index contributed by atoms with van der Waals surface area (Å²) in [6.45, 7) is 11.6. The number of halogens is 2. The summed E-state index contributed by atoms with van der Waals surface area (Å²) < 4.78 is 0. The average molecular weight is 576 g/mol. The van der Waals surface area contributed by atoms with E-state index in [1.165, 1.54) is 5.56 Å². The SMILES string of the molecule is CC(C)C(CN1CCC(Cc2ccc(Cl)c(Cl)c2)CC1)NC(=O)c1ccc(CCNC(=O)[C@H](N)C(C)C)cc1. The number of hydrogen-bond donors (Lipinski definition) is 3. The molecule has 0 aromatic heterocycles. The van der Waals surface area contributed by atoms with Crippen LogP contribution in [0.2, 0.25) is 10.0 Å². The molecule has 1 unspecified atom stereocenters. The van der Waals surface area contributed by atoms with Crippen molar-refractivity contribution in [2.24, 2.45) is 23.5 Å². The van der Waals surface area contributed by atoms with Gasteiger partial charge in [0.15, 0.2) is 0 Å². The minimum atomic E-state index is -0.495. The number of amides is 2. The second-order valence-electron chi connectivity index (χ2n) is 11.5. The van der Waals surface area contributed by atoms with Crippen LogP contribution in [0.5, 0.6) is 0 Å². The van der Waals surface area contributed by atoms with Gasteiger partial charge in [0.05, 0.1) is 16.1 Å². The van der Waals surface area contributed by atoms with E-state index in [0.29, 0.717) is 40.4 Å². The van der Waals surface area contributed by atoms with Gasteiger partial charge in [-0.3, -0.25) is 9.59 Å². The van der Waals surface area contributed by atoms with Crippen LogP contribution in [0.3, 0.4) is 0 Å². The molecule has 0 saturated carbocycles. The van der Waals surface area contributed by atoms with Crippen LogP contribution in [0.4, 0.5) is 0 Å². The maximum atomic E-state index is 13.0. The lowest BCUT2D eigenvalue weighted by Gasteiger charge is -2.35. The second-order valence-corrected chi connectivity index (χ2v) is 12.3. The quantitative estimate of drug-likeness (QED) is 0.319. The summed E-state index contributed by atoms with van der Waals surface area (Å²) in [6.07, 6.45) is 3.96. The number of hydrogen-bond acceptors (Lipinski definition) is 4. The normalized spacial score (nSPS) is 16.3. The molecule has 1 aliphatic rings. The molecule has 6 nitrogen and oxygen atoms in total. The van der Waals surface area contributed by atoms with Gasteiger partial charge in [0.2, 0.25) is 5.91 Å². The first-order valence-corrected chi connectivity index (χ1v) is 14.9. The molecule has 8 heteroatoms. The molecule has 214 valence electrons. The third-order valence-corrected chi connectivity index (χ3v) is 8.48. The van der Waals surface area contributed by atoms with Crippen LogP contribution in [0.1, 0.15) is 62.0 Å². The molecule has 1 heterocycles. The fraction of sp³-hybridized carbons (Fsp3) is 0.548. The highest BCUT2D eigenvalue weighted by molar-refractivity contribution is 6.42. The van der Waals surface area contributed by atoms with E-state index in [2.05, 4.69) is 35.4 Å². The molecule has 1 saturated heterocycles. The highest BCUT2D eigenvalue weighted by atomic mass is 35.5. The summed E-state index contributed by atoms with van der Waals surface area (Å²) in [6, 6.07) is 13.1. The topological polar surface area (TPSA) is 87.5 Å². The van der Waals surface area contributed by atoms with Crippen molar-refractivity contribution in [2.45, 2.75) is 65.5 Å². The van der Waals surface area contributed by atoms with Crippen molar-refractivity contribution in [3.63, 3.8) is 0 Å². The summed E-state index contributed by atoms with van der Waals surface area (Å²) >= 11 is 12.2. The molecule has 39 heavy (non-hydrogen) atoms. The van der Waals surface area contributed by atoms with Crippen molar-refractivity contribution < 1.29 is 9.59 Å². The van der Waals surface area contributed by atoms with E-state index < -0.39 is 6.04 Å². The van der Waals surface area contributed by atoms with Gasteiger partial charge < -0.3 is 21.3 Å². The van der Waals surface area contributed by atoms with Gasteiger partial charge in [0.1, 0.15) is 0 Å². The number of nitrogens with one attached hydrogen (secondary N) is 2. The summed E-state index contributed by atoms with van der Waals surface area (Å²) in [5.41, 5.74) is 8.84. The molecule has 4 N–H and O–H groups in total. The number of benzene rings is 2. The first-order valence-electron chi connectivity index (χ1n) is 14.1. The molecular weight excluding hydrogens is 531 g/mol. The van der Waals surface area contributed by atoms with E-state index in [-0.39, 0.29) is 23.8 Å². The van der Waals surface area contributed by atoms with Gasteiger partial charge in [0, 0.05) is 24.7 Å². The van der Waals surface area contributed by atoms with Crippen molar-refractivity contribution in [2.75, 3.05) is 26.2 Å². The van der Waals surface area contributed by atoms with E-state index >= 15 is 0 Å². The zero-order chi connectivity index (χ0) is 28.5. The van der Waals surface area contributed by atoms with Crippen molar-refractivity contribution in [3.8, 4) is 0 Å². The highest BCUT2D eigenvalue weighted by Crippen LogP contribution is 2.27. The maximum absolute atomic E-state index is 13.0. The number of rotatable bonds is 12. The van der Waals surface area contributed by atoms with E-state index in [1.807, 2.05) is 50.2 Å². The molecule has 0 aliphatic carbocycles. The number of piperidine rings is 1. The first-order chi connectivity index (χ1) is 18.5. The van der Waals surface area contributed by atoms with Crippen molar-refractivity contribution in [1.29, 1.82) is 0 Å². The number of likely N-dealkylation sites (tertiary alicyclic amines) is 1. The van der Waals surface area contributed by atoms with Crippen LogP contribution in [-0.4, -0.2) is 55.0 Å². The maximum Gasteiger partial charge on any atom is 0.251 e. The molecule has 2 atom stereocenters. The van der Waals surface area contributed by atoms with Crippen molar-refractivity contribution in [1.82, 2.24) is 15.5 Å². The fourth-order valence-corrected chi connectivity index (χ4v) is 5.22. The Morgan fingerprint density at radius 1 is 0.949 bits per heavy atom. The molecule has 1 fully saturated rings. The third-order valence-electron chi connectivity index (χ3n) is 7.74. The van der Waals surface area contributed by atoms with E-state index in [1.54, 1.807) is 0 Å². The van der Waals surface area contributed by atoms with Crippen LogP contribution in [-0.2, 0) is 17.6 Å². The molecule has 2 aromatic carbocycles. The zero-order valence-corrected chi connectivity index (χ0v) is 25.2. The molecule has 0 radical (unpaired) electrons. The lowest BCUT2D eigenvalue weighted by atomic mass is 9.89. The second kappa shape index (κ2) is 15.0. The Kier molecular flexibility index (Phi) is 12.1. The molecule has 2 amide bonds. The Morgan fingerprint density at radius 2 is 1.59 bits per heavy atom. The van der Waals surface area contributed by atoms with Gasteiger partial charge in [-0.25, -0.2) is 0 Å². The molecule has 2 aromatic rings. The van der Waals surface area contributed by atoms with E-state index in [9.17, 15) is 9.59 Å². The highest BCUT2D eigenvalue weighted by Gasteiger charge is 2.25. The number of carbonyl (C=O) groups excluding carboxylic acids is 2. The van der Waals surface area contributed by atoms with E-state index in [4.69, 9.17) is 28.9 Å². The molecular formula is C31H44Cl2N4O2. The van der Waals surface area contributed by atoms with Gasteiger partial charge in [0.25, 0.3) is 5.91 Å². The van der Waals surface area contributed by atoms with Crippen LogP contribution in [0, 0.1) is 17.8 Å². The van der Waals surface area contributed by atoms with E-state index in [0.717, 1.165) is 44.5 Å². The summed E-state index contributed by atoms with van der Waals surface area (Å²) in [5, 5.41) is 7.37. The van der Waals surface area contributed by atoms with Gasteiger partial charge >= 0.3 is 0 Å². The summed E-state index contributed by atoms with van der Waals surface area (Å²) in [5.74, 6) is 0.874. The molecule has 1 aliphatic heterocycles. The third kappa shape index (κ3) is 9.78. The number of nitrogens with two attached hydrogens (primary N) is 1. The Labute approximate surface area is 244 Å². The Morgan fingerprint density at radius 3 is 2.18 bits per heavy atom. The summed E-state index contributed by atoms with van der Waals surface area (Å²) in [4.78, 5) is 27.5. The molecule has 3 rings (SSSR count). The number of nitrogens with zero attached hydrogens (tertiary/aromatic N) is 1. The average Bonchev–Trinajstić information content (AvgIpc) is 2.91. The molecule has 0 spiro atoms. The van der Waals surface area contributed by atoms with Gasteiger partial charge in [-0.2, -0.15) is 0 Å². The molecule has 0 bridgehead atoms. The predicted octanol–water partition coefficient (Wildman–Crippen LogP) is 5.34. The van der Waals surface area contributed by atoms with Crippen LogP contribution < -0.4 is 16.4 Å². The Balaban J connectivity index is 1.44. The predicted molar refractivity (Wildman–Crippen MR) is 161 cm³/mol. The summed E-state index contributed by atoms with van der Waals surface area (Å²) in [7, 11) is 0. The number of carbonyl (C=O) groups is 2. The van der Waals surface area contributed by atoms with Crippen LogP contribution in [0.25, 0.3) is 0 Å².